The Labute approximate surface area is 147 Å². The minimum Gasteiger partial charge on any atom is -0.355 e. The number of carbonyl (C=O) groups excluding carboxylic acids is 2. The Morgan fingerprint density at radius 2 is 1.88 bits per heavy atom. The molecule has 1 aliphatic rings. The predicted octanol–water partition coefficient (Wildman–Crippen LogP) is 2.84. The van der Waals surface area contributed by atoms with Crippen LogP contribution in [0.15, 0.2) is 36.4 Å². The summed E-state index contributed by atoms with van der Waals surface area (Å²) in [5.74, 6) is 0.827. The molecule has 0 saturated carbocycles. The predicted molar refractivity (Wildman–Crippen MR) is 96.8 cm³/mol. The largest absolute Gasteiger partial charge is 0.355 e. The maximum absolute atomic E-state index is 12.5. The number of benzene rings is 1. The van der Waals surface area contributed by atoms with Gasteiger partial charge in [0.25, 0.3) is 0 Å². The van der Waals surface area contributed by atoms with Crippen molar-refractivity contribution in [3.8, 4) is 0 Å². The molecule has 0 bridgehead atoms. The fourth-order valence-corrected chi connectivity index (χ4v) is 2.99. The fourth-order valence-electron chi connectivity index (χ4n) is 2.99. The van der Waals surface area contributed by atoms with Crippen molar-refractivity contribution in [3.05, 3.63) is 47.7 Å². The van der Waals surface area contributed by atoms with Gasteiger partial charge in [-0.2, -0.15) is 5.10 Å². The van der Waals surface area contributed by atoms with Crippen molar-refractivity contribution >= 4 is 23.2 Å². The number of piperidine rings is 1. The van der Waals surface area contributed by atoms with Gasteiger partial charge >= 0.3 is 0 Å². The summed E-state index contributed by atoms with van der Waals surface area (Å²) in [6, 6.07) is 11.0. The molecule has 1 N–H and O–H groups in total. The van der Waals surface area contributed by atoms with Crippen molar-refractivity contribution in [2.24, 2.45) is 5.92 Å². The molecule has 3 rings (SSSR count). The summed E-state index contributed by atoms with van der Waals surface area (Å²) in [5.41, 5.74) is 2.17. The SMILES string of the molecule is CC(=O)c1cccc(NC(=O)C2CCN(c3ccc(C)nn3)CC2)c1. The van der Waals surface area contributed by atoms with E-state index in [2.05, 4.69) is 20.4 Å². The third-order valence-electron chi connectivity index (χ3n) is 4.51. The molecule has 0 unspecified atom stereocenters. The van der Waals surface area contributed by atoms with E-state index < -0.39 is 0 Å². The number of ketones is 1. The third kappa shape index (κ3) is 4.21. The van der Waals surface area contributed by atoms with Crippen LogP contribution >= 0.6 is 0 Å². The molecule has 0 aliphatic carbocycles. The number of amides is 1. The second-order valence-electron chi connectivity index (χ2n) is 6.42. The molecule has 1 amide bonds. The van der Waals surface area contributed by atoms with Gasteiger partial charge in [0.2, 0.25) is 5.91 Å². The van der Waals surface area contributed by atoms with Crippen LogP contribution < -0.4 is 10.2 Å². The van der Waals surface area contributed by atoms with Gasteiger partial charge in [0, 0.05) is 30.3 Å². The van der Waals surface area contributed by atoms with Crippen LogP contribution in [0.1, 0.15) is 35.8 Å². The van der Waals surface area contributed by atoms with Crippen LogP contribution in [0.25, 0.3) is 0 Å². The number of hydrogen-bond acceptors (Lipinski definition) is 5. The van der Waals surface area contributed by atoms with Gasteiger partial charge in [0.05, 0.1) is 5.69 Å². The van der Waals surface area contributed by atoms with Crippen LogP contribution in [-0.2, 0) is 4.79 Å². The number of carbonyl (C=O) groups is 2. The number of rotatable bonds is 4. The molecule has 0 atom stereocenters. The molecule has 0 radical (unpaired) electrons. The molecule has 6 heteroatoms. The van der Waals surface area contributed by atoms with Crippen molar-refractivity contribution < 1.29 is 9.59 Å². The number of hydrogen-bond donors (Lipinski definition) is 1. The summed E-state index contributed by atoms with van der Waals surface area (Å²) in [7, 11) is 0. The lowest BCUT2D eigenvalue weighted by Gasteiger charge is -2.31. The van der Waals surface area contributed by atoms with Gasteiger partial charge < -0.3 is 10.2 Å². The maximum atomic E-state index is 12.5. The maximum Gasteiger partial charge on any atom is 0.227 e. The van der Waals surface area contributed by atoms with E-state index >= 15 is 0 Å². The van der Waals surface area contributed by atoms with Crippen LogP contribution in [0.3, 0.4) is 0 Å². The monoisotopic (exact) mass is 338 g/mol. The first-order valence-corrected chi connectivity index (χ1v) is 8.50. The molecular formula is C19H22N4O2. The van der Waals surface area contributed by atoms with E-state index in [1.54, 1.807) is 24.3 Å². The molecule has 1 aromatic carbocycles. The van der Waals surface area contributed by atoms with Crippen LogP contribution in [0.4, 0.5) is 11.5 Å². The number of aryl methyl sites for hydroxylation is 1. The second kappa shape index (κ2) is 7.42. The Kier molecular flexibility index (Phi) is 5.07. The van der Waals surface area contributed by atoms with Gasteiger partial charge in [-0.3, -0.25) is 9.59 Å². The molecule has 130 valence electrons. The van der Waals surface area contributed by atoms with E-state index in [9.17, 15) is 9.59 Å². The zero-order valence-corrected chi connectivity index (χ0v) is 14.5. The normalized spacial score (nSPS) is 15.0. The standard InChI is InChI=1S/C19H22N4O2/c1-13-6-7-18(22-21-13)23-10-8-15(9-11-23)19(25)20-17-5-3-4-16(12-17)14(2)24/h3-7,12,15H,8-11H2,1-2H3,(H,20,25). The topological polar surface area (TPSA) is 75.2 Å². The first-order valence-electron chi connectivity index (χ1n) is 8.50. The number of Topliss-reactive ketones (excluding diaryl/α,β-unsaturated/α-hetero) is 1. The van der Waals surface area contributed by atoms with Crippen LogP contribution in [-0.4, -0.2) is 35.0 Å². The summed E-state index contributed by atoms with van der Waals surface area (Å²) in [5, 5.41) is 11.2. The lowest BCUT2D eigenvalue weighted by Crippen LogP contribution is -2.38. The van der Waals surface area contributed by atoms with E-state index in [0.717, 1.165) is 37.4 Å². The zero-order chi connectivity index (χ0) is 17.8. The van der Waals surface area contributed by atoms with Crippen molar-refractivity contribution in [1.82, 2.24) is 10.2 Å². The smallest absolute Gasteiger partial charge is 0.227 e. The summed E-state index contributed by atoms with van der Waals surface area (Å²) in [6.45, 7) is 4.99. The molecule has 1 fully saturated rings. The molecule has 25 heavy (non-hydrogen) atoms. The fraction of sp³-hybridized carbons (Fsp3) is 0.368. The quantitative estimate of drug-likeness (QED) is 0.868. The highest BCUT2D eigenvalue weighted by atomic mass is 16.2. The van der Waals surface area contributed by atoms with Crippen molar-refractivity contribution in [1.29, 1.82) is 0 Å². The van der Waals surface area contributed by atoms with Crippen LogP contribution in [0.5, 0.6) is 0 Å². The van der Waals surface area contributed by atoms with Gasteiger partial charge in [0.15, 0.2) is 11.6 Å². The molecule has 2 aromatic rings. The second-order valence-corrected chi connectivity index (χ2v) is 6.42. The van der Waals surface area contributed by atoms with Gasteiger partial charge in [-0.15, -0.1) is 5.10 Å². The van der Waals surface area contributed by atoms with Gasteiger partial charge in [0.1, 0.15) is 0 Å². The lowest BCUT2D eigenvalue weighted by atomic mass is 9.95. The molecule has 1 aliphatic heterocycles. The molecule has 1 aromatic heterocycles. The highest BCUT2D eigenvalue weighted by Crippen LogP contribution is 2.23. The molecule has 0 spiro atoms. The summed E-state index contributed by atoms with van der Waals surface area (Å²) < 4.78 is 0. The van der Waals surface area contributed by atoms with Crippen LogP contribution in [0.2, 0.25) is 0 Å². The third-order valence-corrected chi connectivity index (χ3v) is 4.51. The first-order chi connectivity index (χ1) is 12.0. The number of aromatic nitrogens is 2. The lowest BCUT2D eigenvalue weighted by molar-refractivity contribution is -0.120. The first kappa shape index (κ1) is 17.1. The van der Waals surface area contributed by atoms with E-state index in [1.807, 2.05) is 19.1 Å². The zero-order valence-electron chi connectivity index (χ0n) is 14.5. The van der Waals surface area contributed by atoms with Gasteiger partial charge in [-0.25, -0.2) is 0 Å². The Bertz CT molecular complexity index is 765. The Hall–Kier alpha value is -2.76. The summed E-state index contributed by atoms with van der Waals surface area (Å²) >= 11 is 0. The minimum atomic E-state index is -0.0318. The highest BCUT2D eigenvalue weighted by Gasteiger charge is 2.25. The molecule has 2 heterocycles. The Morgan fingerprint density at radius 3 is 2.52 bits per heavy atom. The Morgan fingerprint density at radius 1 is 1.12 bits per heavy atom. The highest BCUT2D eigenvalue weighted by molar-refractivity contribution is 5.97. The number of nitrogens with zero attached hydrogens (tertiary/aromatic N) is 3. The van der Waals surface area contributed by atoms with Crippen molar-refractivity contribution in [2.45, 2.75) is 26.7 Å². The molecule has 6 nitrogen and oxygen atoms in total. The van der Waals surface area contributed by atoms with E-state index in [4.69, 9.17) is 0 Å². The van der Waals surface area contributed by atoms with E-state index in [1.165, 1.54) is 6.92 Å². The molecular weight excluding hydrogens is 316 g/mol. The number of nitrogens with one attached hydrogen (secondary N) is 1. The summed E-state index contributed by atoms with van der Waals surface area (Å²) in [4.78, 5) is 26.1. The van der Waals surface area contributed by atoms with Gasteiger partial charge in [-0.1, -0.05) is 12.1 Å². The molecule has 1 saturated heterocycles. The van der Waals surface area contributed by atoms with Crippen molar-refractivity contribution in [3.63, 3.8) is 0 Å². The summed E-state index contributed by atoms with van der Waals surface area (Å²) in [6.07, 6.45) is 1.54. The number of anilines is 2. The average Bonchev–Trinajstić information content (AvgIpc) is 2.63. The van der Waals surface area contributed by atoms with E-state index in [0.29, 0.717) is 11.3 Å². The van der Waals surface area contributed by atoms with Gasteiger partial charge in [-0.05, 0) is 51.0 Å². The Balaban J connectivity index is 1.57. The average molecular weight is 338 g/mol. The van der Waals surface area contributed by atoms with Crippen LogP contribution in [0, 0.1) is 12.8 Å². The van der Waals surface area contributed by atoms with E-state index in [-0.39, 0.29) is 17.6 Å². The van der Waals surface area contributed by atoms with Crippen molar-refractivity contribution in [2.75, 3.05) is 23.3 Å². The minimum absolute atomic E-state index is 0.00958.